The number of benzene rings is 1. The van der Waals surface area contributed by atoms with Crippen molar-refractivity contribution in [3.63, 3.8) is 0 Å². The van der Waals surface area contributed by atoms with Gasteiger partial charge in [0.15, 0.2) is 0 Å². The maximum Gasteiger partial charge on any atom is 0.233 e. The van der Waals surface area contributed by atoms with Crippen molar-refractivity contribution in [2.24, 2.45) is 9.69 Å². The third-order valence-electron chi connectivity index (χ3n) is 1.68. The Labute approximate surface area is 91.4 Å². The zero-order valence-electron chi connectivity index (χ0n) is 7.98. The summed E-state index contributed by atoms with van der Waals surface area (Å²) in [5, 5.41) is 11.9. The van der Waals surface area contributed by atoms with Crippen LogP contribution in [-0.2, 0) is 4.74 Å². The molecule has 0 aromatic heterocycles. The van der Waals surface area contributed by atoms with Gasteiger partial charge in [0.25, 0.3) is 0 Å². The van der Waals surface area contributed by atoms with Crippen LogP contribution in [-0.4, -0.2) is 17.6 Å². The van der Waals surface area contributed by atoms with Crippen LogP contribution in [0.25, 0.3) is 0 Å². The average molecular weight is 229 g/mol. The van der Waals surface area contributed by atoms with E-state index in [1.165, 1.54) is 18.2 Å². The van der Waals surface area contributed by atoms with Crippen molar-refractivity contribution in [1.29, 1.82) is 0 Å². The van der Waals surface area contributed by atoms with Crippen LogP contribution in [0.4, 0.5) is 5.69 Å². The number of nitrogens with zero attached hydrogens (tertiary/aromatic N) is 2. The van der Waals surface area contributed by atoms with E-state index in [-0.39, 0.29) is 17.3 Å². The minimum atomic E-state index is -0.195. The lowest BCUT2D eigenvalue weighted by Gasteiger charge is -2.06. The molecule has 15 heavy (non-hydrogen) atoms. The maximum atomic E-state index is 10.3. The number of hydrogen-bond donors (Lipinski definition) is 1. The van der Waals surface area contributed by atoms with E-state index in [9.17, 15) is 10.0 Å². The Morgan fingerprint density at radius 2 is 2.33 bits per heavy atom. The summed E-state index contributed by atoms with van der Waals surface area (Å²) in [5.41, 5.74) is 0.407. The first-order chi connectivity index (χ1) is 7.22. The molecule has 0 fully saturated rings. The molecule has 1 aromatic carbocycles. The molecule has 0 saturated carbocycles. The summed E-state index contributed by atoms with van der Waals surface area (Å²) in [4.78, 5) is 10.3. The molecule has 0 aliphatic heterocycles. The Hall–Kier alpha value is -1.62. The van der Waals surface area contributed by atoms with Crippen molar-refractivity contribution in [2.75, 3.05) is 6.61 Å². The smallest absolute Gasteiger partial charge is 0.233 e. The van der Waals surface area contributed by atoms with Crippen molar-refractivity contribution >= 4 is 23.4 Å². The topological polar surface area (TPSA) is 71.2 Å². The summed E-state index contributed by atoms with van der Waals surface area (Å²) >= 11 is 5.31. The molecule has 0 radical (unpaired) electrons. The molecule has 0 bridgehead atoms. The second-order valence-electron chi connectivity index (χ2n) is 2.62. The maximum absolute atomic E-state index is 10.3. The molecule has 0 atom stereocenters. The van der Waals surface area contributed by atoms with Crippen molar-refractivity contribution < 1.29 is 9.84 Å². The lowest BCUT2D eigenvalue weighted by molar-refractivity contribution is 0.329. The predicted octanol–water partition coefficient (Wildman–Crippen LogP) is 2.73. The standard InChI is InChI=1S/C9H9ClN2O3/c1-2-15-9(11-10)6-3-4-8(13)7(5-6)12-14/h3-5,13H,2H2,1H3/b11-9+. The van der Waals surface area contributed by atoms with Crippen LogP contribution < -0.4 is 0 Å². The number of ether oxygens (including phenoxy) is 1. The van der Waals surface area contributed by atoms with E-state index in [1.807, 2.05) is 0 Å². The quantitative estimate of drug-likeness (QED) is 0.491. The summed E-state index contributed by atoms with van der Waals surface area (Å²) in [6.45, 7) is 2.18. The molecule has 5 nitrogen and oxygen atoms in total. The van der Waals surface area contributed by atoms with E-state index in [0.29, 0.717) is 12.2 Å². The number of rotatable bonds is 3. The van der Waals surface area contributed by atoms with Gasteiger partial charge in [-0.25, -0.2) is 0 Å². The van der Waals surface area contributed by atoms with Gasteiger partial charge in [-0.1, -0.05) is 0 Å². The molecule has 0 unspecified atom stereocenters. The average Bonchev–Trinajstić information content (AvgIpc) is 2.27. The molecule has 80 valence electrons. The fraction of sp³-hybridized carbons (Fsp3) is 0.222. The lowest BCUT2D eigenvalue weighted by Crippen LogP contribution is -2.05. The van der Waals surface area contributed by atoms with Gasteiger partial charge in [-0.2, -0.15) is 0 Å². The first-order valence-electron chi connectivity index (χ1n) is 4.21. The first kappa shape index (κ1) is 11.5. The number of halogens is 1. The third kappa shape index (κ3) is 2.66. The molecule has 0 aliphatic rings. The molecular weight excluding hydrogens is 220 g/mol. The minimum absolute atomic E-state index is 0.0787. The van der Waals surface area contributed by atoms with E-state index in [1.54, 1.807) is 6.92 Å². The number of aromatic hydroxyl groups is 1. The summed E-state index contributed by atoms with van der Waals surface area (Å²) in [6.07, 6.45) is 0. The zero-order chi connectivity index (χ0) is 11.3. The molecule has 0 amide bonds. The van der Waals surface area contributed by atoms with Gasteiger partial charge in [-0.15, -0.1) is 9.42 Å². The van der Waals surface area contributed by atoms with Crippen LogP contribution in [0.3, 0.4) is 0 Å². The van der Waals surface area contributed by atoms with Crippen LogP contribution in [0, 0.1) is 4.91 Å². The highest BCUT2D eigenvalue weighted by atomic mass is 35.5. The number of nitroso groups, excluding NO2 is 1. The first-order valence-corrected chi connectivity index (χ1v) is 4.55. The third-order valence-corrected chi connectivity index (χ3v) is 1.83. The van der Waals surface area contributed by atoms with Crippen LogP contribution in [0.5, 0.6) is 5.75 Å². The van der Waals surface area contributed by atoms with Crippen molar-refractivity contribution in [3.05, 3.63) is 28.7 Å². The Balaban J connectivity index is 3.09. The van der Waals surface area contributed by atoms with Crippen LogP contribution in [0.15, 0.2) is 27.9 Å². The molecule has 0 saturated heterocycles. The minimum Gasteiger partial charge on any atom is -0.506 e. The van der Waals surface area contributed by atoms with Crippen LogP contribution in [0.1, 0.15) is 12.5 Å². The largest absolute Gasteiger partial charge is 0.506 e. The van der Waals surface area contributed by atoms with Crippen molar-refractivity contribution in [2.45, 2.75) is 6.92 Å². The molecule has 1 rings (SSSR count). The summed E-state index contributed by atoms with van der Waals surface area (Å²) < 4.78 is 8.50. The monoisotopic (exact) mass is 228 g/mol. The zero-order valence-corrected chi connectivity index (χ0v) is 8.73. The molecule has 0 aliphatic carbocycles. The number of phenolic OH excluding ortho intramolecular Hbond substituents is 1. The van der Waals surface area contributed by atoms with Gasteiger partial charge in [0.2, 0.25) is 5.90 Å². The normalized spacial score (nSPS) is 11.2. The van der Waals surface area contributed by atoms with E-state index in [2.05, 4.69) is 9.69 Å². The van der Waals surface area contributed by atoms with Gasteiger partial charge in [0, 0.05) is 17.3 Å². The Kier molecular flexibility index (Phi) is 4.05. The fourth-order valence-corrected chi connectivity index (χ4v) is 1.17. The molecule has 0 heterocycles. The molecule has 0 spiro atoms. The van der Waals surface area contributed by atoms with Gasteiger partial charge in [0.05, 0.1) is 6.61 Å². The van der Waals surface area contributed by atoms with Crippen molar-refractivity contribution in [3.8, 4) is 5.75 Å². The number of phenols is 1. The van der Waals surface area contributed by atoms with Gasteiger partial charge in [0.1, 0.15) is 11.4 Å². The Morgan fingerprint density at radius 3 is 2.87 bits per heavy atom. The summed E-state index contributed by atoms with van der Waals surface area (Å²) in [6, 6.07) is 4.20. The highest BCUT2D eigenvalue weighted by Crippen LogP contribution is 2.27. The van der Waals surface area contributed by atoms with Gasteiger partial charge in [-0.3, -0.25) is 0 Å². The molecular formula is C9H9ClN2O3. The van der Waals surface area contributed by atoms with E-state index >= 15 is 0 Å². The Morgan fingerprint density at radius 1 is 1.60 bits per heavy atom. The highest BCUT2D eigenvalue weighted by Gasteiger charge is 2.08. The van der Waals surface area contributed by atoms with Gasteiger partial charge < -0.3 is 9.84 Å². The fourth-order valence-electron chi connectivity index (χ4n) is 1.02. The SMILES string of the molecule is CCO/C(=N/Cl)c1ccc(O)c(N=O)c1. The molecule has 1 aromatic rings. The molecule has 6 heteroatoms. The lowest BCUT2D eigenvalue weighted by atomic mass is 10.2. The predicted molar refractivity (Wildman–Crippen MR) is 57.6 cm³/mol. The van der Waals surface area contributed by atoms with Gasteiger partial charge >= 0.3 is 0 Å². The molecule has 1 N–H and O–H groups in total. The van der Waals surface area contributed by atoms with Gasteiger partial charge in [-0.05, 0) is 30.3 Å². The number of hydrogen-bond acceptors (Lipinski definition) is 5. The van der Waals surface area contributed by atoms with Crippen molar-refractivity contribution in [1.82, 2.24) is 0 Å². The van der Waals surface area contributed by atoms with E-state index in [0.717, 1.165) is 0 Å². The second-order valence-corrected chi connectivity index (χ2v) is 2.79. The summed E-state index contributed by atoms with van der Waals surface area (Å²) in [7, 11) is 0. The van der Waals surface area contributed by atoms with Crippen LogP contribution >= 0.6 is 11.8 Å². The van der Waals surface area contributed by atoms with E-state index in [4.69, 9.17) is 16.5 Å². The highest BCUT2D eigenvalue weighted by molar-refractivity contribution is 6.21. The second kappa shape index (κ2) is 5.31. The summed E-state index contributed by atoms with van der Waals surface area (Å²) in [5.74, 6) is -0.0109. The van der Waals surface area contributed by atoms with E-state index < -0.39 is 0 Å². The van der Waals surface area contributed by atoms with Crippen LogP contribution in [0.2, 0.25) is 0 Å². The Bertz CT molecular complexity index is 393.